The van der Waals surface area contributed by atoms with E-state index in [0.29, 0.717) is 5.92 Å². The van der Waals surface area contributed by atoms with Crippen molar-refractivity contribution in [1.82, 2.24) is 0 Å². The van der Waals surface area contributed by atoms with E-state index in [-0.39, 0.29) is 11.8 Å². The van der Waals surface area contributed by atoms with Crippen LogP contribution in [0.25, 0.3) is 0 Å². The molecular formula is C11H13NO2. The van der Waals surface area contributed by atoms with Gasteiger partial charge in [-0.3, -0.25) is 4.79 Å². The predicted molar refractivity (Wildman–Crippen MR) is 53.0 cm³/mol. The van der Waals surface area contributed by atoms with Crippen LogP contribution in [0.2, 0.25) is 0 Å². The van der Waals surface area contributed by atoms with Gasteiger partial charge in [0.15, 0.2) is 0 Å². The highest BCUT2D eigenvalue weighted by molar-refractivity contribution is 5.81. The molecule has 1 amide bonds. The molecule has 0 radical (unpaired) electrons. The number of methoxy groups -OCH3 is 1. The van der Waals surface area contributed by atoms with E-state index in [1.165, 1.54) is 5.56 Å². The largest absolute Gasteiger partial charge is 0.497 e. The highest BCUT2D eigenvalue weighted by Crippen LogP contribution is 2.47. The average Bonchev–Trinajstić information content (AvgIpc) is 2.97. The number of nitrogens with two attached hydrogens (primary N) is 1. The molecule has 1 aromatic rings. The van der Waals surface area contributed by atoms with Crippen LogP contribution in [-0.4, -0.2) is 13.0 Å². The SMILES string of the molecule is COc1ccc([C@@H]2C[C@H]2C(N)=O)cc1. The first-order valence-electron chi connectivity index (χ1n) is 4.65. The molecule has 0 spiro atoms. The van der Waals surface area contributed by atoms with Crippen LogP contribution in [0.1, 0.15) is 17.9 Å². The molecule has 0 saturated heterocycles. The summed E-state index contributed by atoms with van der Waals surface area (Å²) in [6.45, 7) is 0. The van der Waals surface area contributed by atoms with Crippen LogP contribution in [0.15, 0.2) is 24.3 Å². The zero-order valence-corrected chi connectivity index (χ0v) is 8.07. The van der Waals surface area contributed by atoms with Gasteiger partial charge >= 0.3 is 0 Å². The molecule has 14 heavy (non-hydrogen) atoms. The summed E-state index contributed by atoms with van der Waals surface area (Å²) in [5.74, 6) is 1.03. The van der Waals surface area contributed by atoms with E-state index in [1.54, 1.807) is 7.11 Å². The van der Waals surface area contributed by atoms with E-state index in [1.807, 2.05) is 24.3 Å². The third kappa shape index (κ3) is 1.58. The van der Waals surface area contributed by atoms with Crippen molar-refractivity contribution in [3.8, 4) is 5.75 Å². The Morgan fingerprint density at radius 2 is 2.07 bits per heavy atom. The van der Waals surface area contributed by atoms with Crippen LogP contribution in [0, 0.1) is 5.92 Å². The number of amides is 1. The van der Waals surface area contributed by atoms with Gasteiger partial charge in [-0.1, -0.05) is 12.1 Å². The summed E-state index contributed by atoms with van der Waals surface area (Å²) in [5.41, 5.74) is 6.39. The summed E-state index contributed by atoms with van der Waals surface area (Å²) >= 11 is 0. The lowest BCUT2D eigenvalue weighted by Crippen LogP contribution is -2.13. The molecule has 74 valence electrons. The third-order valence-corrected chi connectivity index (χ3v) is 2.70. The lowest BCUT2D eigenvalue weighted by Gasteiger charge is -2.01. The minimum atomic E-state index is -0.189. The van der Waals surface area contributed by atoms with Gasteiger partial charge in [-0.05, 0) is 30.0 Å². The Balaban J connectivity index is 2.08. The molecule has 2 rings (SSSR count). The van der Waals surface area contributed by atoms with Crippen molar-refractivity contribution < 1.29 is 9.53 Å². The van der Waals surface area contributed by atoms with Crippen molar-refractivity contribution in [2.45, 2.75) is 12.3 Å². The van der Waals surface area contributed by atoms with Gasteiger partial charge in [-0.2, -0.15) is 0 Å². The number of hydrogen-bond donors (Lipinski definition) is 1. The van der Waals surface area contributed by atoms with Gasteiger partial charge in [-0.15, -0.1) is 0 Å². The van der Waals surface area contributed by atoms with Gasteiger partial charge in [0.05, 0.1) is 7.11 Å². The summed E-state index contributed by atoms with van der Waals surface area (Å²) in [6.07, 6.45) is 0.891. The summed E-state index contributed by atoms with van der Waals surface area (Å²) in [4.78, 5) is 10.9. The number of ether oxygens (including phenoxy) is 1. The highest BCUT2D eigenvalue weighted by Gasteiger charge is 2.42. The summed E-state index contributed by atoms with van der Waals surface area (Å²) in [5, 5.41) is 0. The van der Waals surface area contributed by atoms with Crippen molar-refractivity contribution in [2.24, 2.45) is 11.7 Å². The van der Waals surface area contributed by atoms with Gasteiger partial charge in [0, 0.05) is 5.92 Å². The number of primary amides is 1. The van der Waals surface area contributed by atoms with Crippen molar-refractivity contribution in [2.75, 3.05) is 7.11 Å². The van der Waals surface area contributed by atoms with E-state index in [0.717, 1.165) is 12.2 Å². The van der Waals surface area contributed by atoms with Crippen molar-refractivity contribution >= 4 is 5.91 Å². The van der Waals surface area contributed by atoms with Crippen molar-refractivity contribution in [3.63, 3.8) is 0 Å². The lowest BCUT2D eigenvalue weighted by molar-refractivity contribution is -0.119. The highest BCUT2D eigenvalue weighted by atomic mass is 16.5. The van der Waals surface area contributed by atoms with E-state index in [2.05, 4.69) is 0 Å². The predicted octanol–water partition coefficient (Wildman–Crippen LogP) is 1.28. The fourth-order valence-corrected chi connectivity index (χ4v) is 1.73. The Morgan fingerprint density at radius 1 is 1.43 bits per heavy atom. The maximum atomic E-state index is 10.9. The summed E-state index contributed by atoms with van der Waals surface area (Å²) < 4.78 is 5.05. The first-order chi connectivity index (χ1) is 6.72. The smallest absolute Gasteiger partial charge is 0.221 e. The van der Waals surface area contributed by atoms with Gasteiger partial charge < -0.3 is 10.5 Å². The van der Waals surface area contributed by atoms with Crippen molar-refractivity contribution in [3.05, 3.63) is 29.8 Å². The van der Waals surface area contributed by atoms with E-state index < -0.39 is 0 Å². The molecule has 0 aromatic heterocycles. The number of carbonyl (C=O) groups excluding carboxylic acids is 1. The maximum absolute atomic E-state index is 10.9. The van der Waals surface area contributed by atoms with Gasteiger partial charge in [0.1, 0.15) is 5.75 Å². The Labute approximate surface area is 82.9 Å². The molecule has 3 heteroatoms. The number of carbonyl (C=O) groups is 1. The Kier molecular flexibility index (Phi) is 2.15. The Hall–Kier alpha value is -1.51. The minimum Gasteiger partial charge on any atom is -0.497 e. The van der Waals surface area contributed by atoms with Crippen LogP contribution < -0.4 is 10.5 Å². The molecule has 3 nitrogen and oxygen atoms in total. The second kappa shape index (κ2) is 3.33. The minimum absolute atomic E-state index is 0.0448. The van der Waals surface area contributed by atoms with Crippen molar-refractivity contribution in [1.29, 1.82) is 0 Å². The summed E-state index contributed by atoms with van der Waals surface area (Å²) in [7, 11) is 1.64. The van der Waals surface area contributed by atoms with E-state index in [4.69, 9.17) is 10.5 Å². The zero-order valence-electron chi connectivity index (χ0n) is 8.07. The van der Waals surface area contributed by atoms with Gasteiger partial charge in [-0.25, -0.2) is 0 Å². The monoisotopic (exact) mass is 191 g/mol. The second-order valence-corrected chi connectivity index (χ2v) is 3.62. The van der Waals surface area contributed by atoms with Crippen LogP contribution in [0.4, 0.5) is 0 Å². The maximum Gasteiger partial charge on any atom is 0.221 e. The molecule has 1 aliphatic carbocycles. The fourth-order valence-electron chi connectivity index (χ4n) is 1.73. The molecule has 1 aromatic carbocycles. The second-order valence-electron chi connectivity index (χ2n) is 3.62. The molecule has 0 heterocycles. The average molecular weight is 191 g/mol. The normalized spacial score (nSPS) is 24.4. The standard InChI is InChI=1S/C11H13NO2/c1-14-8-4-2-7(3-5-8)9-6-10(9)11(12)13/h2-5,9-10H,6H2,1H3,(H2,12,13)/t9-,10+/m0/s1. The lowest BCUT2D eigenvalue weighted by atomic mass is 10.1. The van der Waals surface area contributed by atoms with Crippen LogP contribution >= 0.6 is 0 Å². The van der Waals surface area contributed by atoms with E-state index >= 15 is 0 Å². The first-order valence-corrected chi connectivity index (χ1v) is 4.65. The van der Waals surface area contributed by atoms with Crippen LogP contribution in [-0.2, 0) is 4.79 Å². The molecule has 1 fully saturated rings. The molecule has 0 bridgehead atoms. The topological polar surface area (TPSA) is 52.3 Å². The quantitative estimate of drug-likeness (QED) is 0.782. The number of rotatable bonds is 3. The number of hydrogen-bond acceptors (Lipinski definition) is 2. The number of benzene rings is 1. The summed E-state index contributed by atoms with van der Waals surface area (Å²) in [6, 6.07) is 7.80. The third-order valence-electron chi connectivity index (χ3n) is 2.70. The first kappa shape index (κ1) is 9.06. The molecule has 1 aliphatic rings. The molecular weight excluding hydrogens is 178 g/mol. The van der Waals surface area contributed by atoms with Crippen LogP contribution in [0.5, 0.6) is 5.75 Å². The molecule has 2 atom stereocenters. The molecule has 1 saturated carbocycles. The Morgan fingerprint density at radius 3 is 2.50 bits per heavy atom. The molecule has 0 unspecified atom stereocenters. The zero-order chi connectivity index (χ0) is 10.1. The van der Waals surface area contributed by atoms with Gasteiger partial charge in [0.25, 0.3) is 0 Å². The van der Waals surface area contributed by atoms with Crippen LogP contribution in [0.3, 0.4) is 0 Å². The Bertz CT molecular complexity index is 345. The molecule has 2 N–H and O–H groups in total. The van der Waals surface area contributed by atoms with E-state index in [9.17, 15) is 4.79 Å². The molecule has 0 aliphatic heterocycles. The van der Waals surface area contributed by atoms with Gasteiger partial charge in [0.2, 0.25) is 5.91 Å². The fraction of sp³-hybridized carbons (Fsp3) is 0.364.